The lowest BCUT2D eigenvalue weighted by atomic mass is 10.1. The average Bonchev–Trinajstić information content (AvgIpc) is 3.21. The monoisotopic (exact) mass is 510 g/mol. The lowest BCUT2D eigenvalue weighted by Gasteiger charge is -2.25. The summed E-state index contributed by atoms with van der Waals surface area (Å²) in [5.74, 6) is 0.0519. The van der Waals surface area contributed by atoms with E-state index in [9.17, 15) is 9.59 Å². The Labute approximate surface area is 218 Å². The van der Waals surface area contributed by atoms with Crippen LogP contribution in [-0.2, 0) is 4.79 Å². The molecule has 2 aromatic carbocycles. The van der Waals surface area contributed by atoms with E-state index in [1.807, 2.05) is 74.8 Å². The fourth-order valence-corrected chi connectivity index (χ4v) is 3.68. The third kappa shape index (κ3) is 7.32. The molecule has 0 spiro atoms. The van der Waals surface area contributed by atoms with Crippen molar-refractivity contribution in [3.63, 3.8) is 0 Å². The van der Waals surface area contributed by atoms with Crippen molar-refractivity contribution in [3.05, 3.63) is 64.8 Å². The van der Waals surface area contributed by atoms with Crippen LogP contribution in [0.4, 0.5) is 10.7 Å². The molecule has 1 aromatic heterocycles. The van der Waals surface area contributed by atoms with E-state index in [2.05, 4.69) is 23.6 Å². The zero-order chi connectivity index (χ0) is 26.4. The second kappa shape index (κ2) is 12.1. The Balaban J connectivity index is 1.90. The van der Waals surface area contributed by atoms with Gasteiger partial charge in [0.15, 0.2) is 0 Å². The molecule has 2 N–H and O–H groups in total. The van der Waals surface area contributed by atoms with Crippen LogP contribution >= 0.6 is 11.6 Å². The van der Waals surface area contributed by atoms with Crippen molar-refractivity contribution in [2.45, 2.75) is 33.7 Å². The summed E-state index contributed by atoms with van der Waals surface area (Å²) in [6.45, 7) is 8.84. The van der Waals surface area contributed by atoms with Crippen LogP contribution in [0.2, 0.25) is 5.02 Å². The minimum atomic E-state index is -0.328. The topological polar surface area (TPSA) is 82.5 Å². The number of amides is 3. The molecule has 3 amide bonds. The van der Waals surface area contributed by atoms with Crippen molar-refractivity contribution in [1.82, 2.24) is 24.7 Å². The standard InChI is InChI=1S/C27H35ClN6O2/c1-18(2)29-27(36)33(14-13-32(5)6)17-25(35)31-26-30-24(21-8-10-22(28)11-9-21)16-34(26)23-12-7-19(3)20(4)15-23/h7-12,15-16,18H,13-14,17H2,1-6H3,(H,29,36)(H,30,31,35). The second-order valence-electron chi connectivity index (χ2n) is 9.47. The molecular formula is C27H35ClN6O2. The molecule has 3 rings (SSSR count). The number of imidazole rings is 1. The average molecular weight is 511 g/mol. The van der Waals surface area contributed by atoms with Gasteiger partial charge in [-0.15, -0.1) is 0 Å². The molecule has 3 aromatic rings. The number of carbonyl (C=O) groups is 2. The molecule has 8 nitrogen and oxygen atoms in total. The first-order valence-electron chi connectivity index (χ1n) is 12.0. The van der Waals surface area contributed by atoms with E-state index in [-0.39, 0.29) is 24.5 Å². The Bertz CT molecular complexity index is 1200. The van der Waals surface area contributed by atoms with Gasteiger partial charge in [-0.2, -0.15) is 0 Å². The molecule has 0 unspecified atom stereocenters. The third-order valence-corrected chi connectivity index (χ3v) is 5.97. The van der Waals surface area contributed by atoms with E-state index < -0.39 is 0 Å². The maximum atomic E-state index is 13.1. The fourth-order valence-electron chi connectivity index (χ4n) is 3.55. The number of hydrogen-bond donors (Lipinski definition) is 2. The van der Waals surface area contributed by atoms with E-state index in [1.54, 1.807) is 12.1 Å². The zero-order valence-corrected chi connectivity index (χ0v) is 22.6. The van der Waals surface area contributed by atoms with E-state index in [0.29, 0.717) is 29.8 Å². The number of aromatic nitrogens is 2. The Morgan fingerprint density at radius 2 is 1.72 bits per heavy atom. The Hall–Kier alpha value is -3.36. The number of likely N-dealkylation sites (N-methyl/N-ethyl adjacent to an activating group) is 1. The van der Waals surface area contributed by atoms with Crippen LogP contribution in [0.5, 0.6) is 0 Å². The largest absolute Gasteiger partial charge is 0.336 e. The lowest BCUT2D eigenvalue weighted by molar-refractivity contribution is -0.116. The number of nitrogens with one attached hydrogen (secondary N) is 2. The number of aryl methyl sites for hydroxylation is 2. The van der Waals surface area contributed by atoms with Crippen molar-refractivity contribution in [3.8, 4) is 16.9 Å². The van der Waals surface area contributed by atoms with Crippen molar-refractivity contribution >= 4 is 29.5 Å². The van der Waals surface area contributed by atoms with E-state index in [1.165, 1.54) is 10.5 Å². The zero-order valence-electron chi connectivity index (χ0n) is 21.8. The highest BCUT2D eigenvalue weighted by molar-refractivity contribution is 6.30. The first kappa shape index (κ1) is 27.2. The number of urea groups is 1. The summed E-state index contributed by atoms with van der Waals surface area (Å²) in [4.78, 5) is 34.0. The minimum absolute atomic E-state index is 0.0342. The number of benzene rings is 2. The summed E-state index contributed by atoms with van der Waals surface area (Å²) in [5.41, 5.74) is 4.76. The van der Waals surface area contributed by atoms with Crippen LogP contribution in [-0.4, -0.2) is 71.1 Å². The fraction of sp³-hybridized carbons (Fsp3) is 0.370. The van der Waals surface area contributed by atoms with Gasteiger partial charge in [0.2, 0.25) is 11.9 Å². The molecule has 0 saturated heterocycles. The minimum Gasteiger partial charge on any atom is -0.336 e. The quantitative estimate of drug-likeness (QED) is 0.436. The highest BCUT2D eigenvalue weighted by atomic mass is 35.5. The van der Waals surface area contributed by atoms with Gasteiger partial charge in [0.25, 0.3) is 0 Å². The molecule has 0 atom stereocenters. The van der Waals surface area contributed by atoms with Gasteiger partial charge in [-0.1, -0.05) is 29.8 Å². The van der Waals surface area contributed by atoms with Crippen LogP contribution in [0.3, 0.4) is 0 Å². The van der Waals surface area contributed by atoms with Gasteiger partial charge < -0.3 is 15.1 Å². The first-order chi connectivity index (χ1) is 17.0. The van der Waals surface area contributed by atoms with Crippen molar-refractivity contribution in [2.75, 3.05) is 39.0 Å². The van der Waals surface area contributed by atoms with Crippen molar-refractivity contribution in [1.29, 1.82) is 0 Å². The summed E-state index contributed by atoms with van der Waals surface area (Å²) in [6, 6.07) is 13.2. The number of rotatable bonds is 9. The number of nitrogens with zero attached hydrogens (tertiary/aromatic N) is 4. The Kier molecular flexibility index (Phi) is 9.12. The molecule has 0 aliphatic heterocycles. The molecular weight excluding hydrogens is 476 g/mol. The van der Waals surface area contributed by atoms with Gasteiger partial charge in [-0.25, -0.2) is 9.78 Å². The van der Waals surface area contributed by atoms with Gasteiger partial charge in [0.05, 0.1) is 5.69 Å². The second-order valence-corrected chi connectivity index (χ2v) is 9.91. The highest BCUT2D eigenvalue weighted by Gasteiger charge is 2.20. The molecule has 36 heavy (non-hydrogen) atoms. The summed E-state index contributed by atoms with van der Waals surface area (Å²) in [5, 5.41) is 6.43. The van der Waals surface area contributed by atoms with Crippen molar-refractivity contribution < 1.29 is 9.59 Å². The van der Waals surface area contributed by atoms with Crippen molar-refractivity contribution in [2.24, 2.45) is 0 Å². The van der Waals surface area contributed by atoms with Crippen LogP contribution in [0.1, 0.15) is 25.0 Å². The van der Waals surface area contributed by atoms with Crippen LogP contribution in [0, 0.1) is 13.8 Å². The van der Waals surface area contributed by atoms with E-state index >= 15 is 0 Å². The SMILES string of the molecule is Cc1ccc(-n2cc(-c3ccc(Cl)cc3)nc2NC(=O)CN(CCN(C)C)C(=O)NC(C)C)cc1C. The molecule has 192 valence electrons. The van der Waals surface area contributed by atoms with Crippen LogP contribution in [0.15, 0.2) is 48.7 Å². The summed E-state index contributed by atoms with van der Waals surface area (Å²) >= 11 is 6.06. The van der Waals surface area contributed by atoms with Gasteiger partial charge >= 0.3 is 6.03 Å². The van der Waals surface area contributed by atoms with Gasteiger partial charge in [-0.05, 0) is 77.2 Å². The molecule has 0 bridgehead atoms. The predicted molar refractivity (Wildman–Crippen MR) is 146 cm³/mol. The molecule has 0 aliphatic carbocycles. The first-order valence-corrected chi connectivity index (χ1v) is 12.3. The number of carbonyl (C=O) groups excluding carboxylic acids is 2. The maximum absolute atomic E-state index is 13.1. The summed E-state index contributed by atoms with van der Waals surface area (Å²) in [7, 11) is 3.86. The maximum Gasteiger partial charge on any atom is 0.318 e. The van der Waals surface area contributed by atoms with Gasteiger partial charge in [0.1, 0.15) is 6.54 Å². The molecule has 0 saturated carbocycles. The normalized spacial score (nSPS) is 11.1. The van der Waals surface area contributed by atoms with Gasteiger partial charge in [0, 0.05) is 41.6 Å². The number of hydrogen-bond acceptors (Lipinski definition) is 4. The summed E-state index contributed by atoms with van der Waals surface area (Å²) < 4.78 is 1.85. The number of anilines is 1. The third-order valence-electron chi connectivity index (χ3n) is 5.72. The lowest BCUT2D eigenvalue weighted by Crippen LogP contribution is -2.48. The molecule has 0 fully saturated rings. The van der Waals surface area contributed by atoms with Crippen LogP contribution in [0.25, 0.3) is 16.9 Å². The number of halogens is 1. The van der Waals surface area contributed by atoms with Crippen LogP contribution < -0.4 is 10.6 Å². The molecule has 0 aliphatic rings. The summed E-state index contributed by atoms with van der Waals surface area (Å²) in [6.07, 6.45) is 1.89. The Morgan fingerprint density at radius 1 is 1.03 bits per heavy atom. The predicted octanol–water partition coefficient (Wildman–Crippen LogP) is 4.73. The van der Waals surface area contributed by atoms with E-state index in [4.69, 9.17) is 16.6 Å². The molecule has 9 heteroatoms. The molecule has 0 radical (unpaired) electrons. The van der Waals surface area contributed by atoms with E-state index in [0.717, 1.165) is 16.8 Å². The molecule has 1 heterocycles. The highest BCUT2D eigenvalue weighted by Crippen LogP contribution is 2.26. The van der Waals surface area contributed by atoms with Gasteiger partial charge in [-0.3, -0.25) is 14.7 Å². The smallest absolute Gasteiger partial charge is 0.318 e. The Morgan fingerprint density at radius 3 is 2.33 bits per heavy atom.